The fourth-order valence-corrected chi connectivity index (χ4v) is 2.58. The van der Waals surface area contributed by atoms with Crippen molar-refractivity contribution in [3.63, 3.8) is 0 Å². The van der Waals surface area contributed by atoms with Crippen LogP contribution in [0.4, 0.5) is 0 Å². The lowest BCUT2D eigenvalue weighted by atomic mass is 9.93. The van der Waals surface area contributed by atoms with Gasteiger partial charge in [0.05, 0.1) is 13.2 Å². The topological polar surface area (TPSA) is 69.4 Å². The van der Waals surface area contributed by atoms with Crippen LogP contribution in [-0.2, 0) is 20.9 Å². The Morgan fingerprint density at radius 2 is 2.05 bits per heavy atom. The number of carbonyl (C=O) groups excluding carboxylic acids is 2. The van der Waals surface area contributed by atoms with Crippen molar-refractivity contribution in [3.05, 3.63) is 35.9 Å². The molecular weight excluding hydrogens is 242 g/mol. The molecule has 2 atom stereocenters. The van der Waals surface area contributed by atoms with E-state index in [9.17, 15) is 9.59 Å². The number of hydrogen-bond acceptors (Lipinski definition) is 3. The number of ether oxygens (including phenoxy) is 1. The minimum Gasteiger partial charge on any atom is -0.376 e. The number of carbonyl (C=O) groups is 2. The molecule has 0 saturated heterocycles. The molecule has 4 nitrogen and oxygen atoms in total. The van der Waals surface area contributed by atoms with E-state index in [4.69, 9.17) is 10.5 Å². The van der Waals surface area contributed by atoms with Crippen molar-refractivity contribution in [2.75, 3.05) is 6.61 Å². The summed E-state index contributed by atoms with van der Waals surface area (Å²) in [6, 6.07) is 9.89. The van der Waals surface area contributed by atoms with Crippen molar-refractivity contribution in [1.29, 1.82) is 0 Å². The Morgan fingerprint density at radius 3 is 2.74 bits per heavy atom. The van der Waals surface area contributed by atoms with E-state index < -0.39 is 5.91 Å². The monoisotopic (exact) mass is 261 g/mol. The summed E-state index contributed by atoms with van der Waals surface area (Å²) in [6.45, 7) is 1.05. The van der Waals surface area contributed by atoms with E-state index in [-0.39, 0.29) is 24.0 Å². The Morgan fingerprint density at radius 1 is 1.32 bits per heavy atom. The molecule has 2 N–H and O–H groups in total. The maximum atomic E-state index is 11.7. The maximum Gasteiger partial charge on any atom is 0.218 e. The van der Waals surface area contributed by atoms with Gasteiger partial charge in [0, 0.05) is 18.8 Å². The van der Waals surface area contributed by atoms with Gasteiger partial charge in [-0.3, -0.25) is 9.59 Å². The zero-order chi connectivity index (χ0) is 13.7. The average Bonchev–Trinajstić information content (AvgIpc) is 2.72. The third-order valence-electron chi connectivity index (χ3n) is 3.61. The van der Waals surface area contributed by atoms with E-state index in [1.165, 1.54) is 0 Å². The van der Waals surface area contributed by atoms with Crippen molar-refractivity contribution >= 4 is 11.7 Å². The molecule has 0 unspecified atom stereocenters. The number of amides is 1. The summed E-state index contributed by atoms with van der Waals surface area (Å²) in [5.74, 6) is -0.377. The quantitative estimate of drug-likeness (QED) is 0.847. The minimum absolute atomic E-state index is 0.128. The number of nitrogens with two attached hydrogens (primary N) is 1. The van der Waals surface area contributed by atoms with Crippen LogP contribution in [-0.4, -0.2) is 18.3 Å². The normalized spacial score (nSPS) is 22.6. The second-order valence-corrected chi connectivity index (χ2v) is 5.04. The molecule has 0 radical (unpaired) electrons. The molecule has 0 spiro atoms. The number of primary amides is 1. The molecule has 1 aromatic rings. The average molecular weight is 261 g/mol. The summed E-state index contributed by atoms with van der Waals surface area (Å²) in [6.07, 6.45) is 1.49. The van der Waals surface area contributed by atoms with Crippen molar-refractivity contribution < 1.29 is 14.3 Å². The van der Waals surface area contributed by atoms with E-state index in [2.05, 4.69) is 0 Å². The lowest BCUT2D eigenvalue weighted by molar-refractivity contribution is -0.127. The molecule has 1 aliphatic rings. The molecule has 0 heterocycles. The van der Waals surface area contributed by atoms with Crippen molar-refractivity contribution in [2.24, 2.45) is 17.6 Å². The van der Waals surface area contributed by atoms with Gasteiger partial charge in [0.1, 0.15) is 5.78 Å². The first-order chi connectivity index (χ1) is 9.16. The third kappa shape index (κ3) is 3.89. The smallest absolute Gasteiger partial charge is 0.218 e. The molecule has 19 heavy (non-hydrogen) atoms. The fraction of sp³-hybridized carbons (Fsp3) is 0.467. The van der Waals surface area contributed by atoms with Crippen molar-refractivity contribution in [3.8, 4) is 0 Å². The molecule has 4 heteroatoms. The van der Waals surface area contributed by atoms with Crippen LogP contribution in [0.25, 0.3) is 0 Å². The van der Waals surface area contributed by atoms with Gasteiger partial charge in [0.25, 0.3) is 0 Å². The Kier molecular flexibility index (Phi) is 4.68. The Balaban J connectivity index is 1.81. The highest BCUT2D eigenvalue weighted by atomic mass is 16.5. The van der Waals surface area contributed by atoms with E-state index in [0.717, 1.165) is 12.0 Å². The largest absolute Gasteiger partial charge is 0.376 e. The summed E-state index contributed by atoms with van der Waals surface area (Å²) < 4.78 is 5.66. The molecular formula is C15H19NO3. The van der Waals surface area contributed by atoms with Gasteiger partial charge in [0.2, 0.25) is 5.91 Å². The van der Waals surface area contributed by atoms with Crippen LogP contribution < -0.4 is 5.73 Å². The summed E-state index contributed by atoms with van der Waals surface area (Å²) >= 11 is 0. The van der Waals surface area contributed by atoms with Gasteiger partial charge in [-0.15, -0.1) is 0 Å². The second kappa shape index (κ2) is 6.48. The van der Waals surface area contributed by atoms with Crippen LogP contribution in [0.1, 0.15) is 24.8 Å². The van der Waals surface area contributed by atoms with Crippen LogP contribution in [0.2, 0.25) is 0 Å². The van der Waals surface area contributed by atoms with E-state index in [1.807, 2.05) is 30.3 Å². The first-order valence-electron chi connectivity index (χ1n) is 6.59. The van der Waals surface area contributed by atoms with E-state index >= 15 is 0 Å². The van der Waals surface area contributed by atoms with Gasteiger partial charge in [-0.1, -0.05) is 30.3 Å². The highest BCUT2D eigenvalue weighted by Gasteiger charge is 2.35. The fourth-order valence-electron chi connectivity index (χ4n) is 2.58. The molecule has 0 aliphatic heterocycles. The van der Waals surface area contributed by atoms with Gasteiger partial charge < -0.3 is 10.5 Å². The predicted molar refractivity (Wildman–Crippen MR) is 71.1 cm³/mol. The van der Waals surface area contributed by atoms with Crippen LogP contribution in [0.3, 0.4) is 0 Å². The number of ketones is 1. The molecule has 1 aliphatic carbocycles. The zero-order valence-electron chi connectivity index (χ0n) is 10.9. The molecule has 1 amide bonds. The molecule has 102 valence electrons. The first kappa shape index (κ1) is 13.7. The Hall–Kier alpha value is -1.68. The molecule has 0 aromatic heterocycles. The summed E-state index contributed by atoms with van der Waals surface area (Å²) in [5, 5.41) is 0. The Bertz CT molecular complexity index is 444. The number of rotatable bonds is 6. The standard InChI is InChI=1S/C15H19NO3/c16-15(18)8-13-12(6-7-14(13)17)10-19-9-11-4-2-1-3-5-11/h1-5,12-13H,6-10H2,(H2,16,18)/t12-,13-/m0/s1. The number of benzene rings is 1. The van der Waals surface area contributed by atoms with Crippen LogP contribution in [0, 0.1) is 11.8 Å². The van der Waals surface area contributed by atoms with Crippen LogP contribution in [0.15, 0.2) is 30.3 Å². The molecule has 1 fully saturated rings. The lowest BCUT2D eigenvalue weighted by Crippen LogP contribution is -2.25. The van der Waals surface area contributed by atoms with Crippen molar-refractivity contribution in [1.82, 2.24) is 0 Å². The van der Waals surface area contributed by atoms with E-state index in [1.54, 1.807) is 0 Å². The van der Waals surface area contributed by atoms with Crippen LogP contribution >= 0.6 is 0 Å². The highest BCUT2D eigenvalue weighted by molar-refractivity contribution is 5.88. The Labute approximate surface area is 112 Å². The highest BCUT2D eigenvalue weighted by Crippen LogP contribution is 2.31. The zero-order valence-corrected chi connectivity index (χ0v) is 10.9. The summed E-state index contributed by atoms with van der Waals surface area (Å²) in [5.41, 5.74) is 6.29. The van der Waals surface area contributed by atoms with Gasteiger partial charge in [-0.2, -0.15) is 0 Å². The predicted octanol–water partition coefficient (Wildman–Crippen LogP) is 1.67. The van der Waals surface area contributed by atoms with Crippen LogP contribution in [0.5, 0.6) is 0 Å². The number of hydrogen-bond donors (Lipinski definition) is 1. The lowest BCUT2D eigenvalue weighted by Gasteiger charge is -2.17. The van der Waals surface area contributed by atoms with Gasteiger partial charge in [-0.25, -0.2) is 0 Å². The van der Waals surface area contributed by atoms with Crippen molar-refractivity contribution in [2.45, 2.75) is 25.9 Å². The maximum absolute atomic E-state index is 11.7. The molecule has 1 saturated carbocycles. The van der Waals surface area contributed by atoms with Gasteiger partial charge in [0.15, 0.2) is 0 Å². The molecule has 1 aromatic carbocycles. The number of Topliss-reactive ketones (excluding diaryl/α,β-unsaturated/α-hetero) is 1. The third-order valence-corrected chi connectivity index (χ3v) is 3.61. The first-order valence-corrected chi connectivity index (χ1v) is 6.59. The molecule has 0 bridgehead atoms. The summed E-state index contributed by atoms with van der Waals surface area (Å²) in [7, 11) is 0. The summed E-state index contributed by atoms with van der Waals surface area (Å²) in [4.78, 5) is 22.7. The second-order valence-electron chi connectivity index (χ2n) is 5.04. The van der Waals surface area contributed by atoms with Gasteiger partial charge >= 0.3 is 0 Å². The van der Waals surface area contributed by atoms with E-state index in [0.29, 0.717) is 19.6 Å². The minimum atomic E-state index is -0.409. The molecule has 2 rings (SSSR count). The van der Waals surface area contributed by atoms with Gasteiger partial charge in [-0.05, 0) is 17.9 Å². The SMILES string of the molecule is NC(=O)C[C@@H]1C(=O)CC[C@H]1COCc1ccccc1.